The summed E-state index contributed by atoms with van der Waals surface area (Å²) in [6.07, 6.45) is 6.47. The summed E-state index contributed by atoms with van der Waals surface area (Å²) in [5.74, 6) is 0.901. The van der Waals surface area contributed by atoms with Gasteiger partial charge in [-0.15, -0.1) is 0 Å². The highest BCUT2D eigenvalue weighted by molar-refractivity contribution is 7.09. The van der Waals surface area contributed by atoms with Gasteiger partial charge in [0.25, 0.3) is 0 Å². The second-order valence-electron chi connectivity index (χ2n) is 4.77. The van der Waals surface area contributed by atoms with Crippen LogP contribution in [0.3, 0.4) is 0 Å². The van der Waals surface area contributed by atoms with Gasteiger partial charge in [0.2, 0.25) is 5.13 Å². The molecule has 21 heavy (non-hydrogen) atoms. The summed E-state index contributed by atoms with van der Waals surface area (Å²) >= 11 is 1.42. The van der Waals surface area contributed by atoms with Crippen molar-refractivity contribution in [3.05, 3.63) is 59.9 Å². The van der Waals surface area contributed by atoms with Crippen molar-refractivity contribution in [3.63, 3.8) is 0 Å². The zero-order chi connectivity index (χ0) is 14.5. The molecule has 5 nitrogen and oxygen atoms in total. The minimum atomic E-state index is 0.768. The quantitative estimate of drug-likeness (QED) is 0.760. The van der Waals surface area contributed by atoms with Crippen molar-refractivity contribution in [1.29, 1.82) is 0 Å². The van der Waals surface area contributed by atoms with E-state index >= 15 is 0 Å². The van der Waals surface area contributed by atoms with E-state index < -0.39 is 0 Å². The highest BCUT2D eigenvalue weighted by Crippen LogP contribution is 2.13. The Kier molecular flexibility index (Phi) is 4.25. The van der Waals surface area contributed by atoms with Gasteiger partial charge >= 0.3 is 0 Å². The summed E-state index contributed by atoms with van der Waals surface area (Å²) in [6.45, 7) is 3.68. The number of aryl methyl sites for hydroxylation is 1. The lowest BCUT2D eigenvalue weighted by atomic mass is 10.1. The predicted octanol–water partition coefficient (Wildman–Crippen LogP) is 2.96. The van der Waals surface area contributed by atoms with Crippen LogP contribution in [-0.4, -0.2) is 18.9 Å². The average Bonchev–Trinajstić information content (AvgIpc) is 3.18. The third kappa shape index (κ3) is 3.66. The minimum Gasteiger partial charge on any atom is -0.356 e. The van der Waals surface area contributed by atoms with Gasteiger partial charge in [-0.1, -0.05) is 31.2 Å². The number of hydrogen-bond donors (Lipinski definition) is 1. The number of benzene rings is 1. The van der Waals surface area contributed by atoms with Gasteiger partial charge in [0.05, 0.1) is 6.33 Å². The molecule has 1 aromatic carbocycles. The minimum absolute atomic E-state index is 0.768. The molecule has 1 N–H and O–H groups in total. The molecule has 0 aliphatic heterocycles. The SMILES string of the molecule is CCc1nsc(NCc2ccc(Cn3ccnc3)cc2)n1. The first-order chi connectivity index (χ1) is 10.3. The molecule has 6 heteroatoms. The Hall–Kier alpha value is -2.21. The van der Waals surface area contributed by atoms with E-state index in [0.717, 1.165) is 30.5 Å². The van der Waals surface area contributed by atoms with Gasteiger partial charge < -0.3 is 9.88 Å². The second-order valence-corrected chi connectivity index (χ2v) is 5.53. The lowest BCUT2D eigenvalue weighted by molar-refractivity contribution is 0.797. The third-order valence-corrected chi connectivity index (χ3v) is 3.89. The van der Waals surface area contributed by atoms with E-state index in [9.17, 15) is 0 Å². The Morgan fingerprint density at radius 1 is 1.19 bits per heavy atom. The van der Waals surface area contributed by atoms with Gasteiger partial charge in [0.15, 0.2) is 0 Å². The van der Waals surface area contributed by atoms with Gasteiger partial charge in [-0.2, -0.15) is 4.37 Å². The van der Waals surface area contributed by atoms with Crippen molar-refractivity contribution in [2.24, 2.45) is 0 Å². The Morgan fingerprint density at radius 3 is 2.67 bits per heavy atom. The van der Waals surface area contributed by atoms with Crippen LogP contribution in [0.4, 0.5) is 5.13 Å². The van der Waals surface area contributed by atoms with E-state index in [2.05, 4.69) is 55.4 Å². The van der Waals surface area contributed by atoms with E-state index in [0.29, 0.717) is 0 Å². The van der Waals surface area contributed by atoms with Gasteiger partial charge in [-0.25, -0.2) is 9.97 Å². The molecule has 0 atom stereocenters. The predicted molar refractivity (Wildman–Crippen MR) is 84.4 cm³/mol. The van der Waals surface area contributed by atoms with Gasteiger partial charge in [-0.05, 0) is 11.1 Å². The van der Waals surface area contributed by atoms with E-state index in [4.69, 9.17) is 0 Å². The molecule has 0 bridgehead atoms. The van der Waals surface area contributed by atoms with Crippen LogP contribution in [0.15, 0.2) is 43.0 Å². The maximum absolute atomic E-state index is 4.40. The van der Waals surface area contributed by atoms with Crippen molar-refractivity contribution in [2.45, 2.75) is 26.4 Å². The second kappa shape index (κ2) is 6.49. The van der Waals surface area contributed by atoms with Crippen LogP contribution in [0.5, 0.6) is 0 Å². The zero-order valence-corrected chi connectivity index (χ0v) is 12.7. The van der Waals surface area contributed by atoms with E-state index in [1.54, 1.807) is 6.20 Å². The van der Waals surface area contributed by atoms with Crippen LogP contribution in [0, 0.1) is 0 Å². The molecule has 2 heterocycles. The molecule has 0 radical (unpaired) electrons. The molecule has 3 rings (SSSR count). The molecule has 0 spiro atoms. The van der Waals surface area contributed by atoms with Gasteiger partial charge in [0, 0.05) is 43.4 Å². The Labute approximate surface area is 127 Å². The molecule has 3 aromatic rings. The molecule has 0 aliphatic rings. The van der Waals surface area contributed by atoms with E-state index in [1.807, 2.05) is 12.5 Å². The normalized spacial score (nSPS) is 10.7. The van der Waals surface area contributed by atoms with Crippen LogP contribution < -0.4 is 5.32 Å². The summed E-state index contributed by atoms with van der Waals surface area (Å²) in [7, 11) is 0. The molecule has 0 amide bonds. The van der Waals surface area contributed by atoms with Crippen LogP contribution in [0.1, 0.15) is 23.9 Å². The van der Waals surface area contributed by atoms with Crippen molar-refractivity contribution >= 4 is 16.7 Å². The maximum atomic E-state index is 4.40. The molecule has 0 fully saturated rings. The van der Waals surface area contributed by atoms with Crippen molar-refractivity contribution in [2.75, 3.05) is 5.32 Å². The molecular weight excluding hydrogens is 282 g/mol. The van der Waals surface area contributed by atoms with Gasteiger partial charge in [-0.3, -0.25) is 0 Å². The number of nitrogens with one attached hydrogen (secondary N) is 1. The molecule has 2 aromatic heterocycles. The number of hydrogen-bond acceptors (Lipinski definition) is 5. The molecule has 108 valence electrons. The van der Waals surface area contributed by atoms with E-state index in [1.165, 1.54) is 22.7 Å². The fourth-order valence-corrected chi connectivity index (χ4v) is 2.65. The Morgan fingerprint density at radius 2 is 2.00 bits per heavy atom. The Bertz CT molecular complexity index is 672. The number of aromatic nitrogens is 4. The number of rotatable bonds is 6. The highest BCUT2D eigenvalue weighted by atomic mass is 32.1. The fourth-order valence-electron chi connectivity index (χ4n) is 2.00. The molecule has 0 saturated carbocycles. The van der Waals surface area contributed by atoms with Crippen LogP contribution >= 0.6 is 11.5 Å². The first-order valence-electron chi connectivity index (χ1n) is 6.93. The lowest BCUT2D eigenvalue weighted by Gasteiger charge is -2.05. The lowest BCUT2D eigenvalue weighted by Crippen LogP contribution is -2.00. The highest BCUT2D eigenvalue weighted by Gasteiger charge is 2.02. The summed E-state index contributed by atoms with van der Waals surface area (Å²) in [4.78, 5) is 8.45. The first kappa shape index (κ1) is 13.8. The summed E-state index contributed by atoms with van der Waals surface area (Å²) < 4.78 is 6.32. The molecule has 0 saturated heterocycles. The number of nitrogens with zero attached hydrogens (tertiary/aromatic N) is 4. The topological polar surface area (TPSA) is 55.6 Å². The van der Waals surface area contributed by atoms with Crippen LogP contribution in [-0.2, 0) is 19.5 Å². The van der Waals surface area contributed by atoms with E-state index in [-0.39, 0.29) is 0 Å². The van der Waals surface area contributed by atoms with Crippen molar-refractivity contribution in [1.82, 2.24) is 18.9 Å². The monoisotopic (exact) mass is 299 g/mol. The fraction of sp³-hybridized carbons (Fsp3) is 0.267. The zero-order valence-electron chi connectivity index (χ0n) is 11.9. The number of imidazole rings is 1. The number of anilines is 1. The largest absolute Gasteiger partial charge is 0.356 e. The molecule has 0 aliphatic carbocycles. The van der Waals surface area contributed by atoms with Crippen molar-refractivity contribution < 1.29 is 0 Å². The first-order valence-corrected chi connectivity index (χ1v) is 7.71. The standard InChI is InChI=1S/C15H17N5S/c1-2-14-18-15(21-19-14)17-9-12-3-5-13(6-4-12)10-20-8-7-16-11-20/h3-8,11H,2,9-10H2,1H3,(H,17,18,19). The van der Waals surface area contributed by atoms with Crippen LogP contribution in [0.25, 0.3) is 0 Å². The Balaban J connectivity index is 1.56. The third-order valence-electron chi connectivity index (χ3n) is 3.18. The summed E-state index contributed by atoms with van der Waals surface area (Å²) in [5, 5.41) is 4.19. The average molecular weight is 299 g/mol. The smallest absolute Gasteiger partial charge is 0.202 e. The maximum Gasteiger partial charge on any atom is 0.202 e. The molecular formula is C15H17N5S. The molecule has 0 unspecified atom stereocenters. The van der Waals surface area contributed by atoms with Crippen molar-refractivity contribution in [3.8, 4) is 0 Å². The van der Waals surface area contributed by atoms with Crippen LogP contribution in [0.2, 0.25) is 0 Å². The van der Waals surface area contributed by atoms with Gasteiger partial charge in [0.1, 0.15) is 5.82 Å². The summed E-state index contributed by atoms with van der Waals surface area (Å²) in [5.41, 5.74) is 2.50. The summed E-state index contributed by atoms with van der Waals surface area (Å²) in [6, 6.07) is 8.57.